The van der Waals surface area contributed by atoms with Crippen LogP contribution in [0.5, 0.6) is 17.2 Å². The van der Waals surface area contributed by atoms with Gasteiger partial charge in [-0.1, -0.05) is 6.07 Å². The minimum Gasteiger partial charge on any atom is -0.489 e. The van der Waals surface area contributed by atoms with Crippen molar-refractivity contribution in [3.8, 4) is 17.2 Å². The van der Waals surface area contributed by atoms with Crippen LogP contribution in [0.1, 0.15) is 19.6 Å². The van der Waals surface area contributed by atoms with Crippen molar-refractivity contribution >= 4 is 17.6 Å². The van der Waals surface area contributed by atoms with Crippen LogP contribution in [0, 0.1) is 0 Å². The number of aromatic nitrogens is 2. The molecule has 2 aromatic rings. The molecule has 0 spiro atoms. The van der Waals surface area contributed by atoms with Crippen molar-refractivity contribution in [3.63, 3.8) is 0 Å². The number of rotatable bonds is 7. The standard InChI is InChI=1S/C20H24N4O8/c1-2-29-20(28)21-6-7-30-12-4-3-5-13-17(12)22-18-14(31-13)9-24(19(27)23-18)16-8-11(26)15(10-25)32-16/h3-5,9,11,15-16,25-26H,2,6-8,10H2,1H3,(H,21,28)(H,22,23,27)/t11?,15-,16-/m1/s1. The number of hydrogen-bond donors (Lipinski definition) is 4. The molecule has 3 atom stereocenters. The lowest BCUT2D eigenvalue weighted by Gasteiger charge is -2.24. The first-order chi connectivity index (χ1) is 15.5. The Balaban J connectivity index is 1.47. The molecular weight excluding hydrogens is 424 g/mol. The Kier molecular flexibility index (Phi) is 6.44. The average Bonchev–Trinajstić information content (AvgIpc) is 3.15. The number of benzene rings is 1. The summed E-state index contributed by atoms with van der Waals surface area (Å²) >= 11 is 0. The van der Waals surface area contributed by atoms with E-state index in [1.165, 1.54) is 10.8 Å². The molecule has 0 saturated carbocycles. The summed E-state index contributed by atoms with van der Waals surface area (Å²) in [4.78, 5) is 27.9. The molecule has 0 aliphatic carbocycles. The van der Waals surface area contributed by atoms with Gasteiger partial charge in [-0.3, -0.25) is 4.57 Å². The second kappa shape index (κ2) is 9.42. The highest BCUT2D eigenvalue weighted by Crippen LogP contribution is 2.45. The minimum atomic E-state index is -0.884. The molecule has 172 valence electrons. The number of ether oxygens (including phenoxy) is 4. The van der Waals surface area contributed by atoms with Gasteiger partial charge in [-0.15, -0.1) is 0 Å². The molecule has 1 saturated heterocycles. The Morgan fingerprint density at radius 3 is 3.00 bits per heavy atom. The van der Waals surface area contributed by atoms with Gasteiger partial charge in [-0.25, -0.2) is 9.59 Å². The third kappa shape index (κ3) is 4.47. The van der Waals surface area contributed by atoms with Gasteiger partial charge in [0.05, 0.1) is 32.1 Å². The van der Waals surface area contributed by atoms with Crippen molar-refractivity contribution in [1.29, 1.82) is 0 Å². The summed E-state index contributed by atoms with van der Waals surface area (Å²) in [5.74, 6) is 1.42. The van der Waals surface area contributed by atoms with Crippen molar-refractivity contribution in [3.05, 3.63) is 34.9 Å². The normalized spacial score (nSPS) is 21.0. The lowest BCUT2D eigenvalue weighted by Crippen LogP contribution is -2.29. The Labute approximate surface area is 182 Å². The van der Waals surface area contributed by atoms with Crippen LogP contribution in [0.25, 0.3) is 0 Å². The van der Waals surface area contributed by atoms with Crippen LogP contribution in [-0.4, -0.2) is 64.4 Å². The SMILES string of the molecule is CCOC(=O)NCCOc1cccc2c1Nc1nc(=O)n([C@H]3CC(O)[C@@H](CO)O3)cc1O2. The minimum absolute atomic E-state index is 0.146. The summed E-state index contributed by atoms with van der Waals surface area (Å²) < 4.78 is 23.2. The number of fused-ring (bicyclic) bond motifs is 2. The number of hydrogen-bond acceptors (Lipinski definition) is 10. The van der Waals surface area contributed by atoms with Gasteiger partial charge in [0.1, 0.15) is 30.4 Å². The van der Waals surface area contributed by atoms with E-state index in [0.717, 1.165) is 0 Å². The first-order valence-corrected chi connectivity index (χ1v) is 10.2. The monoisotopic (exact) mass is 448 g/mol. The van der Waals surface area contributed by atoms with Gasteiger partial charge < -0.3 is 39.8 Å². The van der Waals surface area contributed by atoms with E-state index >= 15 is 0 Å². The first-order valence-electron chi connectivity index (χ1n) is 10.2. The molecule has 4 N–H and O–H groups in total. The van der Waals surface area contributed by atoms with E-state index in [2.05, 4.69) is 15.6 Å². The lowest BCUT2D eigenvalue weighted by atomic mass is 10.2. The van der Waals surface area contributed by atoms with Crippen molar-refractivity contribution in [2.45, 2.75) is 31.8 Å². The molecule has 1 aromatic carbocycles. The summed E-state index contributed by atoms with van der Waals surface area (Å²) in [6.07, 6.45) is -1.33. The van der Waals surface area contributed by atoms with Crippen LogP contribution < -0.4 is 25.8 Å². The van der Waals surface area contributed by atoms with Gasteiger partial charge in [0.15, 0.2) is 17.3 Å². The number of aliphatic hydroxyl groups is 2. The summed E-state index contributed by atoms with van der Waals surface area (Å²) in [5.41, 5.74) is -0.107. The molecule has 12 nitrogen and oxygen atoms in total. The second-order valence-electron chi connectivity index (χ2n) is 7.11. The molecule has 0 radical (unpaired) electrons. The Morgan fingerprint density at radius 2 is 2.25 bits per heavy atom. The van der Waals surface area contributed by atoms with Crippen LogP contribution in [0.4, 0.5) is 16.3 Å². The Morgan fingerprint density at radius 1 is 1.41 bits per heavy atom. The van der Waals surface area contributed by atoms with Gasteiger partial charge in [0, 0.05) is 6.42 Å². The Hall–Kier alpha value is -3.35. The molecule has 4 rings (SSSR count). The average molecular weight is 448 g/mol. The second-order valence-corrected chi connectivity index (χ2v) is 7.11. The third-order valence-electron chi connectivity index (χ3n) is 4.97. The molecule has 1 aromatic heterocycles. The molecule has 1 fully saturated rings. The molecule has 1 unspecified atom stereocenters. The number of carbonyl (C=O) groups is 1. The molecule has 32 heavy (non-hydrogen) atoms. The predicted molar refractivity (Wildman–Crippen MR) is 110 cm³/mol. The topological polar surface area (TPSA) is 153 Å². The van der Waals surface area contributed by atoms with Gasteiger partial charge in [0.2, 0.25) is 0 Å². The maximum absolute atomic E-state index is 12.6. The molecule has 1 amide bonds. The number of carbonyl (C=O) groups excluding carboxylic acids is 1. The molecule has 2 aliphatic rings. The quantitative estimate of drug-likeness (QED) is 0.383. The van der Waals surface area contributed by atoms with Crippen molar-refractivity contribution in [2.75, 3.05) is 31.7 Å². The number of aliphatic hydroxyl groups excluding tert-OH is 2. The van der Waals surface area contributed by atoms with Crippen LogP contribution in [-0.2, 0) is 9.47 Å². The van der Waals surface area contributed by atoms with E-state index in [4.69, 9.17) is 18.9 Å². The van der Waals surface area contributed by atoms with Gasteiger partial charge >= 0.3 is 11.8 Å². The zero-order chi connectivity index (χ0) is 22.7. The van der Waals surface area contributed by atoms with E-state index in [1.807, 2.05) is 0 Å². The zero-order valence-electron chi connectivity index (χ0n) is 17.3. The van der Waals surface area contributed by atoms with E-state index in [-0.39, 0.29) is 38.6 Å². The summed E-state index contributed by atoms with van der Waals surface area (Å²) in [6.45, 7) is 2.07. The summed E-state index contributed by atoms with van der Waals surface area (Å²) in [5, 5.41) is 24.8. The smallest absolute Gasteiger partial charge is 0.407 e. The molecule has 12 heteroatoms. The van der Waals surface area contributed by atoms with Crippen LogP contribution in [0.2, 0.25) is 0 Å². The largest absolute Gasteiger partial charge is 0.489 e. The highest BCUT2D eigenvalue weighted by atomic mass is 16.6. The number of amides is 1. The number of nitrogens with zero attached hydrogens (tertiary/aromatic N) is 2. The molecule has 3 heterocycles. The van der Waals surface area contributed by atoms with Crippen LogP contribution in [0.15, 0.2) is 29.2 Å². The lowest BCUT2D eigenvalue weighted by molar-refractivity contribution is -0.0459. The molecule has 0 bridgehead atoms. The fourth-order valence-corrected chi connectivity index (χ4v) is 3.44. The fraction of sp³-hybridized carbons (Fsp3) is 0.450. The van der Waals surface area contributed by atoms with Crippen LogP contribution >= 0.6 is 0 Å². The summed E-state index contributed by atoms with van der Waals surface area (Å²) in [6, 6.07) is 5.18. The van der Waals surface area contributed by atoms with Crippen molar-refractivity contribution in [1.82, 2.24) is 14.9 Å². The maximum atomic E-state index is 12.6. The highest BCUT2D eigenvalue weighted by molar-refractivity contribution is 5.77. The maximum Gasteiger partial charge on any atom is 0.407 e. The van der Waals surface area contributed by atoms with E-state index in [1.54, 1.807) is 25.1 Å². The van der Waals surface area contributed by atoms with Gasteiger partial charge in [-0.2, -0.15) is 4.98 Å². The number of anilines is 2. The van der Waals surface area contributed by atoms with Gasteiger partial charge in [0.25, 0.3) is 0 Å². The first kappa shape index (κ1) is 21.9. The number of alkyl carbamates (subject to hydrolysis) is 1. The third-order valence-corrected chi connectivity index (χ3v) is 4.97. The summed E-state index contributed by atoms with van der Waals surface area (Å²) in [7, 11) is 0. The van der Waals surface area contributed by atoms with E-state index in [9.17, 15) is 19.8 Å². The fourth-order valence-electron chi connectivity index (χ4n) is 3.44. The molecule has 2 aliphatic heterocycles. The van der Waals surface area contributed by atoms with E-state index < -0.39 is 30.2 Å². The zero-order valence-corrected chi connectivity index (χ0v) is 17.3. The van der Waals surface area contributed by atoms with Gasteiger partial charge in [-0.05, 0) is 19.1 Å². The predicted octanol–water partition coefficient (Wildman–Crippen LogP) is 0.858. The van der Waals surface area contributed by atoms with Crippen molar-refractivity contribution < 1.29 is 34.0 Å². The Bertz CT molecular complexity index is 1040. The number of nitrogens with one attached hydrogen (secondary N) is 2. The van der Waals surface area contributed by atoms with Crippen molar-refractivity contribution in [2.24, 2.45) is 0 Å². The molecular formula is C20H24N4O8. The van der Waals surface area contributed by atoms with E-state index in [0.29, 0.717) is 22.9 Å². The van der Waals surface area contributed by atoms with Crippen LogP contribution in [0.3, 0.4) is 0 Å². The highest BCUT2D eigenvalue weighted by Gasteiger charge is 2.36. The number of para-hydroxylation sites is 1.